The van der Waals surface area contributed by atoms with E-state index >= 15 is 0 Å². The number of hydrogen-bond acceptors (Lipinski definition) is 5. The highest BCUT2D eigenvalue weighted by Gasteiger charge is 2.47. The number of aromatic nitrogens is 1. The van der Waals surface area contributed by atoms with Crippen LogP contribution < -0.4 is 5.32 Å². The third-order valence-corrected chi connectivity index (χ3v) is 7.11. The van der Waals surface area contributed by atoms with Crippen LogP contribution in [0.15, 0.2) is 35.8 Å². The molecule has 3 heterocycles. The molecule has 2 aromatic rings. The molecule has 5 rings (SSSR count). The van der Waals surface area contributed by atoms with Gasteiger partial charge >= 0.3 is 0 Å². The number of hydrogen-bond donors (Lipinski definition) is 1. The van der Waals surface area contributed by atoms with Gasteiger partial charge in [-0.1, -0.05) is 18.2 Å². The smallest absolute Gasteiger partial charge is 0.255 e. The van der Waals surface area contributed by atoms with Crippen LogP contribution in [-0.2, 0) is 9.59 Å². The third-order valence-electron chi connectivity index (χ3n) is 6.18. The molecule has 2 fully saturated rings. The highest BCUT2D eigenvalue weighted by Crippen LogP contribution is 2.41. The second-order valence-electron chi connectivity index (χ2n) is 8.20. The second-order valence-corrected chi connectivity index (χ2v) is 9.13. The average Bonchev–Trinajstić information content (AvgIpc) is 3.36. The summed E-state index contributed by atoms with van der Waals surface area (Å²) >= 11 is 1.62. The van der Waals surface area contributed by atoms with Crippen LogP contribution in [0, 0.1) is 0 Å². The molecule has 0 bridgehead atoms. The minimum atomic E-state index is -0.640. The van der Waals surface area contributed by atoms with E-state index in [4.69, 9.17) is 0 Å². The molecule has 3 aliphatic rings. The first kappa shape index (κ1) is 19.2. The highest BCUT2D eigenvalue weighted by atomic mass is 32.1. The van der Waals surface area contributed by atoms with Gasteiger partial charge in [-0.3, -0.25) is 14.4 Å². The first-order chi connectivity index (χ1) is 14.6. The van der Waals surface area contributed by atoms with Gasteiger partial charge in [0.25, 0.3) is 5.91 Å². The van der Waals surface area contributed by atoms with Gasteiger partial charge in [-0.05, 0) is 37.3 Å². The maximum Gasteiger partial charge on any atom is 0.255 e. The Morgan fingerprint density at radius 1 is 1.20 bits per heavy atom. The zero-order valence-electron chi connectivity index (χ0n) is 16.6. The number of nitrogens with one attached hydrogen (secondary N) is 1. The van der Waals surface area contributed by atoms with Crippen molar-refractivity contribution in [2.24, 2.45) is 0 Å². The maximum atomic E-state index is 13.1. The van der Waals surface area contributed by atoms with Crippen LogP contribution in [0.2, 0.25) is 0 Å². The van der Waals surface area contributed by atoms with Gasteiger partial charge < -0.3 is 15.1 Å². The van der Waals surface area contributed by atoms with Crippen LogP contribution in [0.25, 0.3) is 0 Å². The van der Waals surface area contributed by atoms with Crippen molar-refractivity contribution in [3.05, 3.63) is 52.0 Å². The zero-order chi connectivity index (χ0) is 20.7. The molecule has 1 aromatic carbocycles. The Balaban J connectivity index is 1.24. The number of thiazole rings is 1. The van der Waals surface area contributed by atoms with E-state index in [-0.39, 0.29) is 36.2 Å². The molecule has 7 nitrogen and oxygen atoms in total. The third kappa shape index (κ3) is 3.49. The number of benzene rings is 1. The zero-order valence-corrected chi connectivity index (χ0v) is 17.4. The maximum absolute atomic E-state index is 13.1. The molecule has 2 unspecified atom stereocenters. The molecule has 3 amide bonds. The lowest BCUT2D eigenvalue weighted by Gasteiger charge is -2.32. The van der Waals surface area contributed by atoms with E-state index in [2.05, 4.69) is 10.3 Å². The van der Waals surface area contributed by atoms with Crippen molar-refractivity contribution in [1.82, 2.24) is 20.1 Å². The van der Waals surface area contributed by atoms with Crippen molar-refractivity contribution >= 4 is 29.1 Å². The number of likely N-dealkylation sites (tertiary alicyclic amines) is 1. The van der Waals surface area contributed by atoms with E-state index in [9.17, 15) is 14.4 Å². The van der Waals surface area contributed by atoms with E-state index in [1.165, 1.54) is 0 Å². The summed E-state index contributed by atoms with van der Waals surface area (Å²) < 4.78 is 0. The molecular formula is C22H24N4O3S. The number of carbonyl (C=O) groups is 3. The van der Waals surface area contributed by atoms with Crippen LogP contribution in [0.3, 0.4) is 0 Å². The molecule has 2 atom stereocenters. The molecule has 1 aliphatic carbocycles. The molecule has 156 valence electrons. The SMILES string of the molecule is O=C(NCC(=O)N1CCCC(c2nccs2)C1)C1c2ccccc2C(=O)N1C1CC1. The second kappa shape index (κ2) is 7.83. The van der Waals surface area contributed by atoms with E-state index in [1.807, 2.05) is 28.5 Å². The molecule has 1 saturated carbocycles. The molecular weight excluding hydrogens is 400 g/mol. The van der Waals surface area contributed by atoms with Crippen LogP contribution >= 0.6 is 11.3 Å². The van der Waals surface area contributed by atoms with Crippen LogP contribution in [-0.4, -0.2) is 58.2 Å². The van der Waals surface area contributed by atoms with Gasteiger partial charge in [0.1, 0.15) is 6.04 Å². The van der Waals surface area contributed by atoms with Gasteiger partial charge in [-0.15, -0.1) is 11.3 Å². The summed E-state index contributed by atoms with van der Waals surface area (Å²) in [5.41, 5.74) is 1.33. The topological polar surface area (TPSA) is 82.6 Å². The fraction of sp³-hybridized carbons (Fsp3) is 0.455. The fourth-order valence-electron chi connectivity index (χ4n) is 4.55. The van der Waals surface area contributed by atoms with Crippen LogP contribution in [0.1, 0.15) is 58.6 Å². The quantitative estimate of drug-likeness (QED) is 0.799. The number of carbonyl (C=O) groups excluding carboxylic acids is 3. The van der Waals surface area contributed by atoms with Crippen molar-refractivity contribution in [2.75, 3.05) is 19.6 Å². The molecule has 1 aromatic heterocycles. The predicted molar refractivity (Wildman–Crippen MR) is 112 cm³/mol. The lowest BCUT2D eigenvalue weighted by Crippen LogP contribution is -2.47. The van der Waals surface area contributed by atoms with E-state index in [0.29, 0.717) is 18.7 Å². The fourth-order valence-corrected chi connectivity index (χ4v) is 5.31. The van der Waals surface area contributed by atoms with Crippen molar-refractivity contribution in [3.8, 4) is 0 Å². The summed E-state index contributed by atoms with van der Waals surface area (Å²) in [5, 5.41) is 5.84. The largest absolute Gasteiger partial charge is 0.345 e. The summed E-state index contributed by atoms with van der Waals surface area (Å²) in [5.74, 6) is -0.174. The summed E-state index contributed by atoms with van der Waals surface area (Å²) in [4.78, 5) is 46.5. The summed E-state index contributed by atoms with van der Waals surface area (Å²) in [6, 6.07) is 6.76. The Kier molecular flexibility index (Phi) is 5.02. The lowest BCUT2D eigenvalue weighted by molar-refractivity contribution is -0.135. The Hall–Kier alpha value is -2.74. The first-order valence-electron chi connectivity index (χ1n) is 10.5. The minimum Gasteiger partial charge on any atom is -0.345 e. The normalized spacial score (nSPS) is 23.4. The Morgan fingerprint density at radius 3 is 2.80 bits per heavy atom. The van der Waals surface area contributed by atoms with Crippen molar-refractivity contribution in [2.45, 2.75) is 43.7 Å². The van der Waals surface area contributed by atoms with Gasteiger partial charge in [-0.2, -0.15) is 0 Å². The number of rotatable bonds is 5. The van der Waals surface area contributed by atoms with Gasteiger partial charge in [-0.25, -0.2) is 4.98 Å². The van der Waals surface area contributed by atoms with Crippen molar-refractivity contribution in [1.29, 1.82) is 0 Å². The Labute approximate surface area is 179 Å². The molecule has 0 spiro atoms. The first-order valence-corrected chi connectivity index (χ1v) is 11.4. The van der Waals surface area contributed by atoms with Gasteiger partial charge in [0.05, 0.1) is 11.6 Å². The van der Waals surface area contributed by atoms with Crippen molar-refractivity contribution < 1.29 is 14.4 Å². The average molecular weight is 425 g/mol. The number of nitrogens with zero attached hydrogens (tertiary/aromatic N) is 3. The van der Waals surface area contributed by atoms with E-state index in [0.717, 1.165) is 36.3 Å². The lowest BCUT2D eigenvalue weighted by atomic mass is 9.98. The molecule has 0 radical (unpaired) electrons. The predicted octanol–water partition coefficient (Wildman–Crippen LogP) is 2.32. The number of piperidine rings is 1. The van der Waals surface area contributed by atoms with Crippen LogP contribution in [0.4, 0.5) is 0 Å². The molecule has 30 heavy (non-hydrogen) atoms. The highest BCUT2D eigenvalue weighted by molar-refractivity contribution is 7.09. The van der Waals surface area contributed by atoms with Gasteiger partial charge in [0.2, 0.25) is 11.8 Å². The Bertz CT molecular complexity index is 973. The standard InChI is InChI=1S/C22H24N4O3S/c27-18(25-10-3-4-14(13-25)21-23-9-11-30-21)12-24-20(28)19-16-5-1-2-6-17(16)22(29)26(19)15-7-8-15/h1-2,5-6,9,11,14-15,19H,3-4,7-8,10,12-13H2,(H,24,28). The minimum absolute atomic E-state index is 0.0468. The Morgan fingerprint density at radius 2 is 2.03 bits per heavy atom. The van der Waals surface area contributed by atoms with Gasteiger partial charge in [0.15, 0.2) is 0 Å². The van der Waals surface area contributed by atoms with Crippen molar-refractivity contribution in [3.63, 3.8) is 0 Å². The number of fused-ring (bicyclic) bond motifs is 1. The van der Waals surface area contributed by atoms with E-state index < -0.39 is 6.04 Å². The summed E-state index contributed by atoms with van der Waals surface area (Å²) in [6.45, 7) is 1.30. The van der Waals surface area contributed by atoms with Crippen LogP contribution in [0.5, 0.6) is 0 Å². The summed E-state index contributed by atoms with van der Waals surface area (Å²) in [6.07, 6.45) is 5.61. The molecule has 1 N–H and O–H groups in total. The molecule has 2 aliphatic heterocycles. The molecule has 1 saturated heterocycles. The monoisotopic (exact) mass is 424 g/mol. The van der Waals surface area contributed by atoms with Gasteiger partial charge in [0, 0.05) is 42.2 Å². The number of amides is 3. The van der Waals surface area contributed by atoms with E-state index in [1.54, 1.807) is 28.5 Å². The summed E-state index contributed by atoms with van der Waals surface area (Å²) in [7, 11) is 0. The molecule has 8 heteroatoms.